The van der Waals surface area contributed by atoms with Crippen molar-refractivity contribution in [2.24, 2.45) is 0 Å². The van der Waals surface area contributed by atoms with Crippen LogP contribution in [0.2, 0.25) is 0 Å². The number of ether oxygens (including phenoxy) is 2. The molecule has 1 aromatic carbocycles. The lowest BCUT2D eigenvalue weighted by Gasteiger charge is -2.44. The van der Waals surface area contributed by atoms with Gasteiger partial charge in [0.1, 0.15) is 6.10 Å². The number of aryl methyl sites for hydroxylation is 2. The summed E-state index contributed by atoms with van der Waals surface area (Å²) in [6, 6.07) is 6.57. The van der Waals surface area contributed by atoms with Crippen LogP contribution in [0.3, 0.4) is 0 Å². The van der Waals surface area contributed by atoms with Crippen LogP contribution >= 0.6 is 0 Å². The molecule has 1 spiro atoms. The zero-order valence-corrected chi connectivity index (χ0v) is 14.6. The van der Waals surface area contributed by atoms with Crippen molar-refractivity contribution in [3.05, 3.63) is 34.9 Å². The monoisotopic (exact) mass is 329 g/mol. The lowest BCUT2D eigenvalue weighted by Crippen LogP contribution is -2.57. The van der Waals surface area contributed by atoms with Crippen LogP contribution < -0.4 is 0 Å². The molecular weight excluding hydrogens is 302 g/mol. The Balaban J connectivity index is 1.42. The molecule has 0 bridgehead atoms. The summed E-state index contributed by atoms with van der Waals surface area (Å²) in [6.45, 7) is 2.26. The van der Waals surface area contributed by atoms with Gasteiger partial charge in [0.15, 0.2) is 0 Å². The van der Waals surface area contributed by atoms with E-state index in [1.165, 1.54) is 24.0 Å². The second kappa shape index (κ2) is 6.49. The number of likely N-dealkylation sites (tertiary alicyclic amines) is 1. The van der Waals surface area contributed by atoms with Crippen molar-refractivity contribution in [1.82, 2.24) is 4.90 Å². The fraction of sp³-hybridized carbons (Fsp3) is 0.650. The topological polar surface area (TPSA) is 38.8 Å². The molecule has 3 aliphatic rings. The molecule has 130 valence electrons. The second-order valence-corrected chi connectivity index (χ2v) is 7.46. The Kier molecular flexibility index (Phi) is 4.35. The van der Waals surface area contributed by atoms with Gasteiger partial charge in [-0.05, 0) is 55.2 Å². The van der Waals surface area contributed by atoms with Gasteiger partial charge in [0.25, 0.3) is 0 Å². The van der Waals surface area contributed by atoms with E-state index in [2.05, 4.69) is 18.2 Å². The van der Waals surface area contributed by atoms with Crippen LogP contribution in [0.1, 0.15) is 42.4 Å². The number of rotatable bonds is 3. The van der Waals surface area contributed by atoms with E-state index in [0.717, 1.165) is 44.4 Å². The highest BCUT2D eigenvalue weighted by atomic mass is 16.5. The normalized spacial score (nSPS) is 29.2. The van der Waals surface area contributed by atoms with Crippen LogP contribution in [0.25, 0.3) is 0 Å². The molecule has 2 aliphatic heterocycles. The minimum atomic E-state index is -0.154. The fourth-order valence-electron chi connectivity index (χ4n) is 4.65. The Labute approximate surface area is 144 Å². The second-order valence-electron chi connectivity index (χ2n) is 7.46. The van der Waals surface area contributed by atoms with Crippen LogP contribution in [0.5, 0.6) is 0 Å². The van der Waals surface area contributed by atoms with Gasteiger partial charge >= 0.3 is 0 Å². The fourth-order valence-corrected chi connectivity index (χ4v) is 4.65. The maximum atomic E-state index is 12.8. The molecule has 4 nitrogen and oxygen atoms in total. The van der Waals surface area contributed by atoms with Crippen LogP contribution in [-0.2, 0) is 33.5 Å². The van der Waals surface area contributed by atoms with Crippen molar-refractivity contribution in [1.29, 1.82) is 0 Å². The van der Waals surface area contributed by atoms with Crippen LogP contribution in [0.15, 0.2) is 18.2 Å². The van der Waals surface area contributed by atoms with Gasteiger partial charge in [0.2, 0.25) is 5.91 Å². The van der Waals surface area contributed by atoms with Crippen molar-refractivity contribution in [2.45, 2.75) is 56.7 Å². The molecular formula is C20H27NO3. The van der Waals surface area contributed by atoms with E-state index in [1.807, 2.05) is 4.90 Å². The standard InChI is InChI=1S/C20H27NO3/c1-23-18-14-21(10-9-20(18)8-3-11-24-20)19(22)13-15-6-7-16-4-2-5-17(16)12-15/h6-7,12,18H,2-5,8-11,13-14H2,1H3/t18-,20-/m0/s1. The van der Waals surface area contributed by atoms with E-state index in [0.29, 0.717) is 13.0 Å². The van der Waals surface area contributed by atoms with E-state index >= 15 is 0 Å². The molecule has 0 aromatic heterocycles. The molecule has 2 saturated heterocycles. The number of piperidine rings is 1. The Hall–Kier alpha value is -1.39. The first kappa shape index (κ1) is 16.1. The highest BCUT2D eigenvalue weighted by Crippen LogP contribution is 2.37. The average Bonchev–Trinajstić information content (AvgIpc) is 3.24. The highest BCUT2D eigenvalue weighted by Gasteiger charge is 2.47. The van der Waals surface area contributed by atoms with Gasteiger partial charge < -0.3 is 14.4 Å². The number of nitrogens with zero attached hydrogens (tertiary/aromatic N) is 1. The Bertz CT molecular complexity index is 621. The molecule has 2 fully saturated rings. The SMILES string of the molecule is CO[C@H]1CN(C(=O)Cc2ccc3c(c2)CCC3)CC[C@@]12CCCO2. The first-order valence-corrected chi connectivity index (χ1v) is 9.25. The van der Waals surface area contributed by atoms with Crippen molar-refractivity contribution >= 4 is 5.91 Å². The van der Waals surface area contributed by atoms with Crippen molar-refractivity contribution in [3.63, 3.8) is 0 Å². The lowest BCUT2D eigenvalue weighted by molar-refractivity contribution is -0.158. The zero-order valence-electron chi connectivity index (χ0n) is 14.6. The molecule has 0 unspecified atom stereocenters. The molecule has 0 radical (unpaired) electrons. The third-order valence-electron chi connectivity index (χ3n) is 6.07. The largest absolute Gasteiger partial charge is 0.377 e. The molecule has 1 amide bonds. The van der Waals surface area contributed by atoms with Gasteiger partial charge in [0, 0.05) is 26.8 Å². The van der Waals surface area contributed by atoms with Crippen molar-refractivity contribution < 1.29 is 14.3 Å². The van der Waals surface area contributed by atoms with Gasteiger partial charge in [-0.1, -0.05) is 18.2 Å². The van der Waals surface area contributed by atoms with E-state index in [4.69, 9.17) is 9.47 Å². The minimum absolute atomic E-state index is 0.00211. The van der Waals surface area contributed by atoms with Gasteiger partial charge in [-0.3, -0.25) is 4.79 Å². The maximum Gasteiger partial charge on any atom is 0.227 e. The molecule has 4 heteroatoms. The lowest BCUT2D eigenvalue weighted by atomic mass is 9.85. The molecule has 2 atom stereocenters. The van der Waals surface area contributed by atoms with Crippen LogP contribution in [0, 0.1) is 0 Å². The third kappa shape index (κ3) is 2.86. The summed E-state index contributed by atoms with van der Waals surface area (Å²) in [4.78, 5) is 14.7. The first-order valence-electron chi connectivity index (χ1n) is 9.25. The number of hydrogen-bond acceptors (Lipinski definition) is 3. The summed E-state index contributed by atoms with van der Waals surface area (Å²) in [5.41, 5.74) is 3.89. The summed E-state index contributed by atoms with van der Waals surface area (Å²) < 4.78 is 11.7. The van der Waals surface area contributed by atoms with E-state index < -0.39 is 0 Å². The number of methoxy groups -OCH3 is 1. The number of benzene rings is 1. The smallest absolute Gasteiger partial charge is 0.227 e. The number of carbonyl (C=O) groups excluding carboxylic acids is 1. The van der Waals surface area contributed by atoms with E-state index in [9.17, 15) is 4.79 Å². The molecule has 0 saturated carbocycles. The third-order valence-corrected chi connectivity index (χ3v) is 6.07. The predicted octanol–water partition coefficient (Wildman–Crippen LogP) is 2.51. The summed E-state index contributed by atoms with van der Waals surface area (Å²) in [7, 11) is 1.74. The van der Waals surface area contributed by atoms with E-state index in [1.54, 1.807) is 7.11 Å². The Morgan fingerprint density at radius 1 is 1.29 bits per heavy atom. The average molecular weight is 329 g/mol. The Morgan fingerprint density at radius 2 is 2.17 bits per heavy atom. The molecule has 24 heavy (non-hydrogen) atoms. The molecule has 1 aromatic rings. The number of fused-ring (bicyclic) bond motifs is 1. The summed E-state index contributed by atoms with van der Waals surface area (Å²) in [5.74, 6) is 0.211. The summed E-state index contributed by atoms with van der Waals surface area (Å²) >= 11 is 0. The minimum Gasteiger partial charge on any atom is -0.377 e. The van der Waals surface area contributed by atoms with Gasteiger partial charge in [-0.15, -0.1) is 0 Å². The summed E-state index contributed by atoms with van der Waals surface area (Å²) in [6.07, 6.45) is 7.13. The molecule has 0 N–H and O–H groups in total. The molecule has 4 rings (SSSR count). The highest BCUT2D eigenvalue weighted by molar-refractivity contribution is 5.79. The van der Waals surface area contributed by atoms with E-state index in [-0.39, 0.29) is 17.6 Å². The quantitative estimate of drug-likeness (QED) is 0.855. The number of hydrogen-bond donors (Lipinski definition) is 0. The number of amides is 1. The van der Waals surface area contributed by atoms with Crippen LogP contribution in [-0.4, -0.2) is 49.3 Å². The van der Waals surface area contributed by atoms with Crippen molar-refractivity contribution in [3.8, 4) is 0 Å². The van der Waals surface area contributed by atoms with Gasteiger partial charge in [-0.2, -0.15) is 0 Å². The van der Waals surface area contributed by atoms with Gasteiger partial charge in [0.05, 0.1) is 12.0 Å². The maximum absolute atomic E-state index is 12.8. The molecule has 2 heterocycles. The summed E-state index contributed by atoms with van der Waals surface area (Å²) in [5, 5.41) is 0. The van der Waals surface area contributed by atoms with Gasteiger partial charge in [-0.25, -0.2) is 0 Å². The van der Waals surface area contributed by atoms with Crippen molar-refractivity contribution in [2.75, 3.05) is 26.8 Å². The number of carbonyl (C=O) groups is 1. The van der Waals surface area contributed by atoms with Crippen LogP contribution in [0.4, 0.5) is 0 Å². The predicted molar refractivity (Wildman–Crippen MR) is 92.1 cm³/mol. The first-order chi connectivity index (χ1) is 11.7. The zero-order chi connectivity index (χ0) is 16.6. The Morgan fingerprint density at radius 3 is 2.96 bits per heavy atom. The molecule has 1 aliphatic carbocycles.